The van der Waals surface area contributed by atoms with Gasteiger partial charge in [0.05, 0.1) is 33.0 Å². The van der Waals surface area contributed by atoms with Crippen LogP contribution in [0.2, 0.25) is 0 Å². The predicted octanol–water partition coefficient (Wildman–Crippen LogP) is -0.891. The Labute approximate surface area is 158 Å². The first-order valence-corrected chi connectivity index (χ1v) is 9.63. The second-order valence-electron chi connectivity index (χ2n) is 7.26. The van der Waals surface area contributed by atoms with Crippen LogP contribution in [0.15, 0.2) is 0 Å². The smallest absolute Gasteiger partial charge is 0.274 e. The lowest BCUT2D eigenvalue weighted by molar-refractivity contribution is -0.136. The molecule has 0 radical (unpaired) electrons. The highest BCUT2D eigenvalue weighted by molar-refractivity contribution is 5.94. The summed E-state index contributed by atoms with van der Waals surface area (Å²) in [6, 6.07) is 0. The average molecular weight is 377 g/mol. The molecule has 2 amide bonds. The first-order valence-electron chi connectivity index (χ1n) is 9.63. The van der Waals surface area contributed by atoms with Gasteiger partial charge in [0.15, 0.2) is 5.69 Å². The van der Waals surface area contributed by atoms with Gasteiger partial charge < -0.3 is 19.3 Å². The fourth-order valence-corrected chi connectivity index (χ4v) is 3.94. The average Bonchev–Trinajstić information content (AvgIpc) is 3.06. The Bertz CT molecular complexity index is 705. The van der Waals surface area contributed by atoms with Crippen molar-refractivity contribution in [2.75, 3.05) is 65.6 Å². The summed E-state index contributed by atoms with van der Waals surface area (Å²) in [7, 11) is 1.89. The zero-order valence-electron chi connectivity index (χ0n) is 15.9. The van der Waals surface area contributed by atoms with E-state index in [1.807, 2.05) is 21.5 Å². The topological polar surface area (TPSA) is 80.1 Å². The first kappa shape index (κ1) is 18.4. The molecule has 0 spiro atoms. The van der Waals surface area contributed by atoms with Gasteiger partial charge in [0.25, 0.3) is 5.91 Å². The van der Waals surface area contributed by atoms with Crippen molar-refractivity contribution in [3.63, 3.8) is 0 Å². The van der Waals surface area contributed by atoms with E-state index in [0.29, 0.717) is 77.9 Å². The molecule has 27 heavy (non-hydrogen) atoms. The maximum Gasteiger partial charge on any atom is 0.274 e. The molecule has 0 atom stereocenters. The number of carbonyl (C=O) groups is 2. The molecule has 0 N–H and O–H groups in total. The van der Waals surface area contributed by atoms with E-state index in [-0.39, 0.29) is 11.8 Å². The third-order valence-electron chi connectivity index (χ3n) is 5.59. The molecule has 0 saturated carbocycles. The lowest BCUT2D eigenvalue weighted by atomic mass is 10.1. The molecule has 2 saturated heterocycles. The van der Waals surface area contributed by atoms with E-state index in [4.69, 9.17) is 9.47 Å². The highest BCUT2D eigenvalue weighted by Crippen LogP contribution is 2.22. The van der Waals surface area contributed by atoms with Gasteiger partial charge in [-0.25, -0.2) is 0 Å². The van der Waals surface area contributed by atoms with Crippen molar-refractivity contribution < 1.29 is 19.1 Å². The SMILES string of the molecule is Cn1nc(C(=O)N2CCN(CC(=O)N3CCOCC3)CC2)c2c1CCOC2. The lowest BCUT2D eigenvalue weighted by Crippen LogP contribution is -2.52. The van der Waals surface area contributed by atoms with E-state index in [1.54, 1.807) is 0 Å². The molecular formula is C18H27N5O4. The third-order valence-corrected chi connectivity index (χ3v) is 5.59. The Kier molecular flexibility index (Phi) is 5.42. The van der Waals surface area contributed by atoms with Crippen LogP contribution in [0.25, 0.3) is 0 Å². The summed E-state index contributed by atoms with van der Waals surface area (Å²) in [5.74, 6) is 0.116. The molecular weight excluding hydrogens is 350 g/mol. The summed E-state index contributed by atoms with van der Waals surface area (Å²) in [4.78, 5) is 31.2. The summed E-state index contributed by atoms with van der Waals surface area (Å²) in [5, 5.41) is 4.46. The van der Waals surface area contributed by atoms with Crippen LogP contribution in [0.4, 0.5) is 0 Å². The Morgan fingerprint density at radius 3 is 2.44 bits per heavy atom. The number of nitrogens with zero attached hydrogens (tertiary/aromatic N) is 5. The number of fused-ring (bicyclic) bond motifs is 1. The highest BCUT2D eigenvalue weighted by Gasteiger charge is 2.30. The van der Waals surface area contributed by atoms with Crippen LogP contribution in [0.1, 0.15) is 21.7 Å². The van der Waals surface area contributed by atoms with E-state index in [9.17, 15) is 9.59 Å². The van der Waals surface area contributed by atoms with Crippen molar-refractivity contribution >= 4 is 11.8 Å². The van der Waals surface area contributed by atoms with Crippen molar-refractivity contribution in [1.82, 2.24) is 24.5 Å². The standard InChI is InChI=1S/C18H27N5O4/c1-20-15-2-9-27-13-14(15)17(19-20)18(25)23-5-3-21(4-6-23)12-16(24)22-7-10-26-11-8-22/h2-13H2,1H3. The van der Waals surface area contributed by atoms with E-state index in [0.717, 1.165) is 17.7 Å². The number of hydrogen-bond donors (Lipinski definition) is 0. The van der Waals surface area contributed by atoms with Gasteiger partial charge in [-0.1, -0.05) is 0 Å². The second kappa shape index (κ2) is 7.95. The number of aromatic nitrogens is 2. The van der Waals surface area contributed by atoms with Gasteiger partial charge in [-0.3, -0.25) is 19.2 Å². The maximum atomic E-state index is 12.9. The zero-order valence-corrected chi connectivity index (χ0v) is 15.9. The monoisotopic (exact) mass is 377 g/mol. The van der Waals surface area contributed by atoms with Crippen molar-refractivity contribution in [2.24, 2.45) is 7.05 Å². The molecule has 3 aliphatic rings. The maximum absolute atomic E-state index is 12.9. The second-order valence-corrected chi connectivity index (χ2v) is 7.26. The predicted molar refractivity (Wildman–Crippen MR) is 96.3 cm³/mol. The zero-order chi connectivity index (χ0) is 18.8. The summed E-state index contributed by atoms with van der Waals surface area (Å²) in [6.45, 7) is 6.75. The van der Waals surface area contributed by atoms with Crippen LogP contribution in [0.5, 0.6) is 0 Å². The summed E-state index contributed by atoms with van der Waals surface area (Å²) in [5.41, 5.74) is 2.54. The number of amides is 2. The van der Waals surface area contributed by atoms with Gasteiger partial charge in [-0.15, -0.1) is 0 Å². The van der Waals surface area contributed by atoms with E-state index in [2.05, 4.69) is 10.00 Å². The Morgan fingerprint density at radius 2 is 1.70 bits per heavy atom. The minimum atomic E-state index is -0.0310. The quantitative estimate of drug-likeness (QED) is 0.680. The molecule has 9 nitrogen and oxygen atoms in total. The van der Waals surface area contributed by atoms with Crippen LogP contribution in [-0.2, 0) is 34.3 Å². The van der Waals surface area contributed by atoms with Gasteiger partial charge in [-0.05, 0) is 0 Å². The lowest BCUT2D eigenvalue weighted by Gasteiger charge is -2.35. The van der Waals surface area contributed by atoms with Crippen molar-refractivity contribution in [3.8, 4) is 0 Å². The molecule has 0 aliphatic carbocycles. The number of hydrogen-bond acceptors (Lipinski definition) is 6. The van der Waals surface area contributed by atoms with Gasteiger partial charge >= 0.3 is 0 Å². The van der Waals surface area contributed by atoms with E-state index >= 15 is 0 Å². The van der Waals surface area contributed by atoms with Gasteiger partial charge in [0.1, 0.15) is 0 Å². The van der Waals surface area contributed by atoms with Gasteiger partial charge in [-0.2, -0.15) is 5.10 Å². The molecule has 0 aromatic carbocycles. The Balaban J connectivity index is 1.33. The Hall–Kier alpha value is -1.97. The van der Waals surface area contributed by atoms with Crippen molar-refractivity contribution in [1.29, 1.82) is 0 Å². The number of piperazine rings is 1. The fourth-order valence-electron chi connectivity index (χ4n) is 3.94. The minimum absolute atomic E-state index is 0.0310. The number of rotatable bonds is 3. The van der Waals surface area contributed by atoms with Gasteiger partial charge in [0.2, 0.25) is 5.91 Å². The van der Waals surface area contributed by atoms with Gasteiger partial charge in [0, 0.05) is 64.0 Å². The van der Waals surface area contributed by atoms with Crippen LogP contribution < -0.4 is 0 Å². The fraction of sp³-hybridized carbons (Fsp3) is 0.722. The molecule has 4 rings (SSSR count). The summed E-state index contributed by atoms with van der Waals surface area (Å²) < 4.78 is 12.6. The van der Waals surface area contributed by atoms with E-state index < -0.39 is 0 Å². The first-order chi connectivity index (χ1) is 13.1. The largest absolute Gasteiger partial charge is 0.378 e. The molecule has 148 valence electrons. The Morgan fingerprint density at radius 1 is 0.963 bits per heavy atom. The summed E-state index contributed by atoms with van der Waals surface area (Å²) in [6.07, 6.45) is 0.795. The molecule has 9 heteroatoms. The minimum Gasteiger partial charge on any atom is -0.378 e. The normalized spacial score (nSPS) is 21.2. The van der Waals surface area contributed by atoms with Crippen molar-refractivity contribution in [2.45, 2.75) is 13.0 Å². The molecule has 0 bridgehead atoms. The van der Waals surface area contributed by atoms with Crippen LogP contribution in [0.3, 0.4) is 0 Å². The number of aryl methyl sites for hydroxylation is 1. The molecule has 1 aromatic rings. The van der Waals surface area contributed by atoms with Crippen LogP contribution in [-0.4, -0.2) is 102 Å². The molecule has 3 aliphatic heterocycles. The van der Waals surface area contributed by atoms with E-state index in [1.165, 1.54) is 0 Å². The van der Waals surface area contributed by atoms with Crippen molar-refractivity contribution in [3.05, 3.63) is 17.0 Å². The number of ether oxygens (including phenoxy) is 2. The highest BCUT2D eigenvalue weighted by atomic mass is 16.5. The molecule has 1 aromatic heterocycles. The number of carbonyl (C=O) groups excluding carboxylic acids is 2. The summed E-state index contributed by atoms with van der Waals surface area (Å²) >= 11 is 0. The van der Waals surface area contributed by atoms with Crippen LogP contribution >= 0.6 is 0 Å². The molecule has 4 heterocycles. The molecule has 2 fully saturated rings. The number of morpholine rings is 1. The molecule has 0 unspecified atom stereocenters. The van der Waals surface area contributed by atoms with Crippen LogP contribution in [0, 0.1) is 0 Å². The third kappa shape index (κ3) is 3.85.